The molecule has 7 heteroatoms. The molecule has 0 aliphatic heterocycles. The molecule has 0 radical (unpaired) electrons. The lowest BCUT2D eigenvalue weighted by molar-refractivity contribution is -0.113. The van der Waals surface area contributed by atoms with E-state index in [0.717, 1.165) is 22.5 Å². The Morgan fingerprint density at radius 1 is 1.07 bits per heavy atom. The molecule has 146 valence electrons. The van der Waals surface area contributed by atoms with Gasteiger partial charge in [-0.3, -0.25) is 9.59 Å². The topological polar surface area (TPSA) is 76.9 Å². The van der Waals surface area contributed by atoms with Crippen LogP contribution >= 0.6 is 11.8 Å². The van der Waals surface area contributed by atoms with Crippen molar-refractivity contribution in [2.75, 3.05) is 11.1 Å². The average molecular weight is 397 g/mol. The van der Waals surface area contributed by atoms with E-state index in [4.69, 9.17) is 0 Å². The van der Waals surface area contributed by atoms with Crippen LogP contribution in [0.4, 0.5) is 5.69 Å². The maximum absolute atomic E-state index is 12.5. The highest BCUT2D eigenvalue weighted by molar-refractivity contribution is 7.99. The zero-order valence-corrected chi connectivity index (χ0v) is 17.6. The lowest BCUT2D eigenvalue weighted by Gasteiger charge is -2.14. The van der Waals surface area contributed by atoms with Gasteiger partial charge in [-0.05, 0) is 69.5 Å². The normalized spacial score (nSPS) is 11.0. The fraction of sp³-hybridized carbons (Fsp3) is 0.333. The Morgan fingerprint density at radius 2 is 1.82 bits per heavy atom. The molecule has 0 unspecified atom stereocenters. The van der Waals surface area contributed by atoms with Crippen LogP contribution in [0.2, 0.25) is 0 Å². The first-order valence-electron chi connectivity index (χ1n) is 9.18. The molecule has 0 aliphatic carbocycles. The van der Waals surface area contributed by atoms with Gasteiger partial charge in [-0.1, -0.05) is 17.8 Å². The molecule has 28 heavy (non-hydrogen) atoms. The summed E-state index contributed by atoms with van der Waals surface area (Å²) in [6.07, 6.45) is 0. The predicted molar refractivity (Wildman–Crippen MR) is 114 cm³/mol. The number of benzene rings is 1. The highest BCUT2D eigenvalue weighted by atomic mass is 32.2. The first-order chi connectivity index (χ1) is 13.3. The van der Waals surface area contributed by atoms with Gasteiger partial charge >= 0.3 is 0 Å². The fourth-order valence-electron chi connectivity index (χ4n) is 3.11. The number of aromatic nitrogens is 3. The van der Waals surface area contributed by atoms with E-state index < -0.39 is 0 Å². The van der Waals surface area contributed by atoms with Gasteiger partial charge in [-0.25, -0.2) is 4.98 Å². The van der Waals surface area contributed by atoms with Crippen LogP contribution in [0.25, 0.3) is 11.0 Å². The summed E-state index contributed by atoms with van der Waals surface area (Å²) in [5, 5.41) is 3.94. The Morgan fingerprint density at radius 3 is 2.50 bits per heavy atom. The summed E-state index contributed by atoms with van der Waals surface area (Å²) >= 11 is 1.25. The third-order valence-corrected chi connectivity index (χ3v) is 5.64. The van der Waals surface area contributed by atoms with Crippen molar-refractivity contribution < 1.29 is 4.79 Å². The van der Waals surface area contributed by atoms with E-state index in [1.807, 2.05) is 63.5 Å². The summed E-state index contributed by atoms with van der Waals surface area (Å²) in [7, 11) is 0. The summed E-state index contributed by atoms with van der Waals surface area (Å²) in [4.78, 5) is 33.7. The maximum Gasteiger partial charge on any atom is 0.283 e. The molecule has 1 N–H and O–H groups in total. The van der Waals surface area contributed by atoms with Crippen molar-refractivity contribution >= 4 is 34.4 Å². The molecule has 3 rings (SSSR count). The Hall–Kier alpha value is -2.67. The number of aryl methyl sites for hydroxylation is 5. The van der Waals surface area contributed by atoms with Gasteiger partial charge in [0, 0.05) is 17.9 Å². The predicted octanol–water partition coefficient (Wildman–Crippen LogP) is 3.78. The summed E-state index contributed by atoms with van der Waals surface area (Å²) in [5.41, 5.74) is 5.10. The molecular formula is C21H24N4O2S. The Balaban J connectivity index is 1.85. The second kappa shape index (κ2) is 8.14. The van der Waals surface area contributed by atoms with Crippen molar-refractivity contribution in [3.05, 3.63) is 57.0 Å². The van der Waals surface area contributed by atoms with E-state index in [-0.39, 0.29) is 17.2 Å². The molecule has 0 saturated heterocycles. The third kappa shape index (κ3) is 4.09. The minimum atomic E-state index is -0.304. The Kier molecular flexibility index (Phi) is 5.84. The third-order valence-electron chi connectivity index (χ3n) is 4.66. The fourth-order valence-corrected chi connectivity index (χ4v) is 3.96. The number of fused-ring (bicyclic) bond motifs is 1. The van der Waals surface area contributed by atoms with Crippen LogP contribution < -0.4 is 10.9 Å². The van der Waals surface area contributed by atoms with Gasteiger partial charge < -0.3 is 9.88 Å². The van der Waals surface area contributed by atoms with Crippen LogP contribution in [0.5, 0.6) is 0 Å². The molecule has 2 aromatic heterocycles. The Bertz CT molecular complexity index is 1120. The molecule has 1 aromatic carbocycles. The number of carbonyl (C=O) groups is 1. The molecule has 2 heterocycles. The molecule has 6 nitrogen and oxygen atoms in total. The number of thioether (sulfide) groups is 1. The number of amides is 1. The monoisotopic (exact) mass is 396 g/mol. The van der Waals surface area contributed by atoms with Crippen LogP contribution in [0.15, 0.2) is 34.2 Å². The van der Waals surface area contributed by atoms with Crippen molar-refractivity contribution in [1.29, 1.82) is 0 Å². The average Bonchev–Trinajstić information content (AvgIpc) is 2.62. The van der Waals surface area contributed by atoms with Crippen LogP contribution in [0, 0.1) is 27.7 Å². The summed E-state index contributed by atoms with van der Waals surface area (Å²) in [6.45, 7) is 10.4. The standard InChI is InChI=1S/C21H24N4O2S/c1-6-25-19-18(14(4)9-15(5)22-19)20(27)24-21(25)28-11-17(26)23-16-8-7-12(2)13(3)10-16/h7-10H,6,11H2,1-5H3,(H,23,26). The van der Waals surface area contributed by atoms with E-state index in [2.05, 4.69) is 15.3 Å². The van der Waals surface area contributed by atoms with Crippen molar-refractivity contribution in [1.82, 2.24) is 14.5 Å². The number of rotatable bonds is 5. The molecule has 0 atom stereocenters. The van der Waals surface area contributed by atoms with Crippen LogP contribution in [0.3, 0.4) is 0 Å². The van der Waals surface area contributed by atoms with Crippen molar-refractivity contribution in [2.45, 2.75) is 46.3 Å². The van der Waals surface area contributed by atoms with Crippen molar-refractivity contribution in [3.63, 3.8) is 0 Å². The second-order valence-electron chi connectivity index (χ2n) is 6.86. The minimum Gasteiger partial charge on any atom is -0.325 e. The van der Waals surface area contributed by atoms with E-state index in [0.29, 0.717) is 22.7 Å². The quantitative estimate of drug-likeness (QED) is 0.525. The van der Waals surface area contributed by atoms with E-state index >= 15 is 0 Å². The number of anilines is 1. The highest BCUT2D eigenvalue weighted by Gasteiger charge is 2.15. The number of pyridine rings is 1. The highest BCUT2D eigenvalue weighted by Crippen LogP contribution is 2.22. The van der Waals surface area contributed by atoms with Gasteiger partial charge in [0.25, 0.3) is 5.56 Å². The van der Waals surface area contributed by atoms with Gasteiger partial charge in [0.1, 0.15) is 5.65 Å². The summed E-state index contributed by atoms with van der Waals surface area (Å²) < 4.78 is 1.89. The summed E-state index contributed by atoms with van der Waals surface area (Å²) in [6, 6.07) is 7.70. The first kappa shape index (κ1) is 20.1. The maximum atomic E-state index is 12.5. The van der Waals surface area contributed by atoms with E-state index in [9.17, 15) is 9.59 Å². The number of nitrogens with zero attached hydrogens (tertiary/aromatic N) is 3. The second-order valence-corrected chi connectivity index (χ2v) is 7.80. The van der Waals surface area contributed by atoms with Crippen LogP contribution in [-0.2, 0) is 11.3 Å². The molecule has 0 spiro atoms. The van der Waals surface area contributed by atoms with Crippen molar-refractivity contribution in [3.8, 4) is 0 Å². The lowest BCUT2D eigenvalue weighted by Crippen LogP contribution is -2.20. The first-order valence-corrected chi connectivity index (χ1v) is 10.2. The Labute approximate surface area is 168 Å². The van der Waals surface area contributed by atoms with Gasteiger partial charge in [-0.2, -0.15) is 4.98 Å². The number of hydrogen-bond acceptors (Lipinski definition) is 5. The molecule has 0 fully saturated rings. The van der Waals surface area contributed by atoms with E-state index in [1.165, 1.54) is 17.3 Å². The number of nitrogens with one attached hydrogen (secondary N) is 1. The zero-order chi connectivity index (χ0) is 20.4. The minimum absolute atomic E-state index is 0.140. The molecule has 0 saturated carbocycles. The smallest absolute Gasteiger partial charge is 0.283 e. The van der Waals surface area contributed by atoms with Gasteiger partial charge in [0.05, 0.1) is 11.1 Å². The van der Waals surface area contributed by atoms with Gasteiger partial charge in [-0.15, -0.1) is 0 Å². The zero-order valence-electron chi connectivity index (χ0n) is 16.8. The van der Waals surface area contributed by atoms with Crippen LogP contribution in [0.1, 0.15) is 29.3 Å². The molecule has 0 bridgehead atoms. The van der Waals surface area contributed by atoms with Gasteiger partial charge in [0.2, 0.25) is 5.91 Å². The van der Waals surface area contributed by atoms with Gasteiger partial charge in [0.15, 0.2) is 5.16 Å². The largest absolute Gasteiger partial charge is 0.325 e. The molecule has 1 amide bonds. The van der Waals surface area contributed by atoms with Crippen LogP contribution in [-0.4, -0.2) is 26.2 Å². The molecule has 0 aliphatic rings. The number of carbonyl (C=O) groups excluding carboxylic acids is 1. The number of hydrogen-bond donors (Lipinski definition) is 1. The molecule has 3 aromatic rings. The lowest BCUT2D eigenvalue weighted by atomic mass is 10.1. The summed E-state index contributed by atoms with van der Waals surface area (Å²) in [5.74, 6) is 0.0222. The van der Waals surface area contributed by atoms with Crippen molar-refractivity contribution in [2.24, 2.45) is 0 Å². The van der Waals surface area contributed by atoms with E-state index in [1.54, 1.807) is 0 Å². The SMILES string of the molecule is CCn1c(SCC(=O)Nc2ccc(C)c(C)c2)nc(=O)c2c(C)cc(C)nc21. The molecular weight excluding hydrogens is 372 g/mol.